The van der Waals surface area contributed by atoms with Crippen molar-refractivity contribution in [3.8, 4) is 0 Å². The average Bonchev–Trinajstić information content (AvgIpc) is 2.63. The molecule has 7 heteroatoms. The number of benzene rings is 1. The molecule has 0 N–H and O–H groups in total. The van der Waals surface area contributed by atoms with Gasteiger partial charge < -0.3 is 4.90 Å². The topological polar surface area (TPSA) is 20.3 Å². The van der Waals surface area contributed by atoms with Gasteiger partial charge in [0, 0.05) is 17.4 Å². The van der Waals surface area contributed by atoms with Crippen molar-refractivity contribution in [3.63, 3.8) is 0 Å². The molecule has 1 amide bonds. The number of halogens is 5. The minimum absolute atomic E-state index is 0.0432. The largest absolute Gasteiger partial charge is 0.332 e. The van der Waals surface area contributed by atoms with E-state index in [4.69, 9.17) is 0 Å². The Labute approximate surface area is 109 Å². The number of amides is 1. The SMILES string of the molecule is O=C(c1cc(F)c(F)cc1Br)N1CCC(F)(F)C1. The zero-order valence-corrected chi connectivity index (χ0v) is 10.6. The van der Waals surface area contributed by atoms with Gasteiger partial charge in [0.25, 0.3) is 11.8 Å². The summed E-state index contributed by atoms with van der Waals surface area (Å²) in [5, 5.41) is 0. The van der Waals surface area contributed by atoms with Crippen molar-refractivity contribution in [2.45, 2.75) is 12.3 Å². The van der Waals surface area contributed by atoms with E-state index in [1.165, 1.54) is 0 Å². The second kappa shape index (κ2) is 4.53. The lowest BCUT2D eigenvalue weighted by molar-refractivity contribution is 0.0120. The van der Waals surface area contributed by atoms with E-state index in [1.54, 1.807) is 0 Å². The molecule has 98 valence electrons. The predicted molar refractivity (Wildman–Crippen MR) is 59.5 cm³/mol. The van der Waals surface area contributed by atoms with E-state index in [-0.39, 0.29) is 16.6 Å². The standard InChI is InChI=1S/C11H8BrF4NO/c12-7-4-9(14)8(13)3-6(7)10(18)17-2-1-11(15,16)5-17/h3-4H,1-2,5H2. The molecule has 1 aromatic rings. The number of likely N-dealkylation sites (tertiary alicyclic amines) is 1. The molecule has 1 aliphatic heterocycles. The quantitative estimate of drug-likeness (QED) is 0.573. The minimum atomic E-state index is -2.92. The number of alkyl halides is 2. The predicted octanol–water partition coefficient (Wildman–Crippen LogP) is 3.21. The highest BCUT2D eigenvalue weighted by molar-refractivity contribution is 9.10. The van der Waals surface area contributed by atoms with Crippen LogP contribution in [0.25, 0.3) is 0 Å². The molecule has 0 atom stereocenters. The molecule has 18 heavy (non-hydrogen) atoms. The molecular weight excluding hydrogens is 318 g/mol. The van der Waals surface area contributed by atoms with Gasteiger partial charge in [-0.25, -0.2) is 17.6 Å². The van der Waals surface area contributed by atoms with E-state index < -0.39 is 36.4 Å². The molecule has 0 radical (unpaired) electrons. The van der Waals surface area contributed by atoms with Crippen LogP contribution >= 0.6 is 15.9 Å². The fraction of sp³-hybridized carbons (Fsp3) is 0.364. The van der Waals surface area contributed by atoms with Gasteiger partial charge >= 0.3 is 0 Å². The summed E-state index contributed by atoms with van der Waals surface area (Å²) >= 11 is 2.92. The first kappa shape index (κ1) is 13.3. The van der Waals surface area contributed by atoms with Crippen LogP contribution < -0.4 is 0 Å². The minimum Gasteiger partial charge on any atom is -0.332 e. The molecule has 1 aromatic carbocycles. The first-order valence-corrected chi connectivity index (χ1v) is 5.91. The Morgan fingerprint density at radius 1 is 1.28 bits per heavy atom. The van der Waals surface area contributed by atoms with E-state index in [0.29, 0.717) is 6.07 Å². The number of hydrogen-bond donors (Lipinski definition) is 0. The molecule has 0 saturated carbocycles. The Hall–Kier alpha value is -1.11. The van der Waals surface area contributed by atoms with Gasteiger partial charge in [-0.2, -0.15) is 0 Å². The normalized spacial score (nSPS) is 18.2. The van der Waals surface area contributed by atoms with Gasteiger partial charge in [-0.05, 0) is 28.1 Å². The van der Waals surface area contributed by atoms with Crippen molar-refractivity contribution in [3.05, 3.63) is 33.8 Å². The second-order valence-corrected chi connectivity index (χ2v) is 4.93. The molecule has 0 aliphatic carbocycles. The van der Waals surface area contributed by atoms with Crippen LogP contribution in [-0.4, -0.2) is 29.8 Å². The Morgan fingerprint density at radius 3 is 2.44 bits per heavy atom. The van der Waals surface area contributed by atoms with Crippen LogP contribution in [0.5, 0.6) is 0 Å². The Kier molecular flexibility index (Phi) is 3.35. The van der Waals surface area contributed by atoms with Gasteiger partial charge in [-0.1, -0.05) is 0 Å². The zero-order valence-electron chi connectivity index (χ0n) is 9.02. The fourth-order valence-electron chi connectivity index (χ4n) is 1.77. The smallest absolute Gasteiger partial charge is 0.267 e. The monoisotopic (exact) mass is 325 g/mol. The zero-order chi connectivity index (χ0) is 13.5. The lowest BCUT2D eigenvalue weighted by Crippen LogP contribution is -2.31. The second-order valence-electron chi connectivity index (χ2n) is 4.08. The van der Waals surface area contributed by atoms with Crippen molar-refractivity contribution in [1.29, 1.82) is 0 Å². The maximum absolute atomic E-state index is 13.0. The summed E-state index contributed by atoms with van der Waals surface area (Å²) in [5.41, 5.74) is -0.161. The van der Waals surface area contributed by atoms with Crippen LogP contribution in [-0.2, 0) is 0 Å². The lowest BCUT2D eigenvalue weighted by atomic mass is 10.2. The van der Waals surface area contributed by atoms with Crippen LogP contribution in [0.2, 0.25) is 0 Å². The van der Waals surface area contributed by atoms with Crippen molar-refractivity contribution < 1.29 is 22.4 Å². The molecule has 1 fully saturated rings. The molecule has 1 aliphatic rings. The van der Waals surface area contributed by atoms with E-state index in [2.05, 4.69) is 15.9 Å². The molecule has 1 heterocycles. The lowest BCUT2D eigenvalue weighted by Gasteiger charge is -2.17. The number of carbonyl (C=O) groups excluding carboxylic acids is 1. The highest BCUT2D eigenvalue weighted by Gasteiger charge is 2.40. The Bertz CT molecular complexity index is 506. The maximum atomic E-state index is 13.0. The first-order valence-electron chi connectivity index (χ1n) is 5.12. The van der Waals surface area contributed by atoms with E-state index in [1.807, 2.05) is 0 Å². The number of nitrogens with zero attached hydrogens (tertiary/aromatic N) is 1. The molecular formula is C11H8BrF4NO. The Morgan fingerprint density at radius 2 is 1.89 bits per heavy atom. The van der Waals surface area contributed by atoms with E-state index >= 15 is 0 Å². The van der Waals surface area contributed by atoms with Crippen LogP contribution in [0.15, 0.2) is 16.6 Å². The highest BCUT2D eigenvalue weighted by atomic mass is 79.9. The Balaban J connectivity index is 2.27. The molecule has 0 aromatic heterocycles. The van der Waals surface area contributed by atoms with Crippen molar-refractivity contribution in [2.75, 3.05) is 13.1 Å². The van der Waals surface area contributed by atoms with Crippen molar-refractivity contribution >= 4 is 21.8 Å². The summed E-state index contributed by atoms with van der Waals surface area (Å²) in [7, 11) is 0. The number of carbonyl (C=O) groups is 1. The van der Waals surface area contributed by atoms with Gasteiger partial charge in [0.1, 0.15) is 0 Å². The van der Waals surface area contributed by atoms with Crippen molar-refractivity contribution in [1.82, 2.24) is 4.90 Å². The molecule has 0 bridgehead atoms. The van der Waals surface area contributed by atoms with Crippen LogP contribution in [0.1, 0.15) is 16.8 Å². The summed E-state index contributed by atoms with van der Waals surface area (Å²) in [6.45, 7) is -0.797. The third-order valence-corrected chi connectivity index (χ3v) is 3.35. The molecule has 2 rings (SSSR count). The third-order valence-electron chi connectivity index (χ3n) is 2.70. The van der Waals surface area contributed by atoms with Crippen LogP contribution in [0, 0.1) is 11.6 Å². The molecule has 0 spiro atoms. The summed E-state index contributed by atoms with van der Waals surface area (Å²) < 4.78 is 51.9. The van der Waals surface area contributed by atoms with Gasteiger partial charge in [0.05, 0.1) is 12.1 Å². The fourth-order valence-corrected chi connectivity index (χ4v) is 2.25. The van der Waals surface area contributed by atoms with Crippen LogP contribution in [0.3, 0.4) is 0 Å². The first-order chi connectivity index (χ1) is 8.30. The number of rotatable bonds is 1. The summed E-state index contributed by atoms with van der Waals surface area (Å²) in [6.07, 6.45) is -0.417. The van der Waals surface area contributed by atoms with Crippen molar-refractivity contribution in [2.24, 2.45) is 0 Å². The van der Waals surface area contributed by atoms with E-state index in [9.17, 15) is 22.4 Å². The third kappa shape index (κ3) is 2.50. The summed E-state index contributed by atoms with van der Waals surface area (Å²) in [6, 6.07) is 1.51. The molecule has 2 nitrogen and oxygen atoms in total. The summed E-state index contributed by atoms with van der Waals surface area (Å²) in [5.74, 6) is -5.95. The molecule has 1 saturated heterocycles. The van der Waals surface area contributed by atoms with E-state index in [0.717, 1.165) is 11.0 Å². The number of hydrogen-bond acceptors (Lipinski definition) is 1. The van der Waals surface area contributed by atoms with Crippen LogP contribution in [0.4, 0.5) is 17.6 Å². The summed E-state index contributed by atoms with van der Waals surface area (Å²) in [4.78, 5) is 12.8. The average molecular weight is 326 g/mol. The van der Waals surface area contributed by atoms with Gasteiger partial charge in [0.15, 0.2) is 11.6 Å². The highest BCUT2D eigenvalue weighted by Crippen LogP contribution is 2.29. The van der Waals surface area contributed by atoms with Gasteiger partial charge in [-0.3, -0.25) is 4.79 Å². The van der Waals surface area contributed by atoms with Gasteiger partial charge in [0.2, 0.25) is 0 Å². The maximum Gasteiger partial charge on any atom is 0.267 e. The van der Waals surface area contributed by atoms with Gasteiger partial charge in [-0.15, -0.1) is 0 Å². The molecule has 0 unspecified atom stereocenters.